The van der Waals surface area contributed by atoms with Gasteiger partial charge in [0.15, 0.2) is 0 Å². The summed E-state index contributed by atoms with van der Waals surface area (Å²) in [5.41, 5.74) is 1.72. The zero-order chi connectivity index (χ0) is 18.6. The third-order valence-electron chi connectivity index (χ3n) is 5.26. The number of piperidine rings is 1. The molecular formula is C21H24NO4+. The molecule has 0 saturated carbocycles. The number of nitrogens with zero attached hydrogens (tertiary/aromatic N) is 1. The van der Waals surface area contributed by atoms with Crippen molar-refractivity contribution in [2.45, 2.75) is 19.4 Å². The van der Waals surface area contributed by atoms with Gasteiger partial charge in [0.2, 0.25) is 0 Å². The van der Waals surface area contributed by atoms with E-state index in [0.717, 1.165) is 11.3 Å². The molecule has 1 heterocycles. The van der Waals surface area contributed by atoms with Crippen LogP contribution in [0.25, 0.3) is 0 Å². The predicted octanol–water partition coefficient (Wildman–Crippen LogP) is 3.35. The highest BCUT2D eigenvalue weighted by Crippen LogP contribution is 2.30. The van der Waals surface area contributed by atoms with E-state index < -0.39 is 5.97 Å². The number of hydrogen-bond donors (Lipinski definition) is 1. The van der Waals surface area contributed by atoms with Crippen LogP contribution in [-0.4, -0.2) is 41.7 Å². The maximum absolute atomic E-state index is 13.3. The number of likely N-dealkylation sites (tertiary alicyclic amines) is 1. The van der Waals surface area contributed by atoms with E-state index in [-0.39, 0.29) is 16.3 Å². The molecule has 0 unspecified atom stereocenters. The maximum Gasteiger partial charge on any atom is 0.346 e. The fraction of sp³-hybridized carbons (Fsp3) is 0.333. The molecule has 0 spiro atoms. The Morgan fingerprint density at radius 3 is 2.19 bits per heavy atom. The molecule has 1 aliphatic heterocycles. The van der Waals surface area contributed by atoms with Crippen LogP contribution in [0.5, 0.6) is 5.75 Å². The molecule has 1 N–H and O–H groups in total. The molecule has 0 bridgehead atoms. The Morgan fingerprint density at radius 2 is 1.65 bits per heavy atom. The minimum absolute atomic E-state index is 0.0604. The quantitative estimate of drug-likeness (QED) is 0.837. The minimum Gasteiger partial charge on any atom is -0.497 e. The molecule has 1 fully saturated rings. The Hall–Kier alpha value is -2.66. The van der Waals surface area contributed by atoms with Gasteiger partial charge in [0.05, 0.1) is 31.7 Å². The van der Waals surface area contributed by atoms with Crippen molar-refractivity contribution >= 4 is 11.9 Å². The summed E-state index contributed by atoms with van der Waals surface area (Å²) in [6.45, 7) is 1.64. The van der Waals surface area contributed by atoms with Crippen molar-refractivity contribution in [1.82, 2.24) is 0 Å². The number of rotatable bonds is 5. The first-order chi connectivity index (χ1) is 12.5. The number of benzene rings is 2. The Balaban J connectivity index is 1.88. The first-order valence-corrected chi connectivity index (χ1v) is 8.86. The van der Waals surface area contributed by atoms with Crippen molar-refractivity contribution in [2.75, 3.05) is 20.2 Å². The summed E-state index contributed by atoms with van der Waals surface area (Å²) in [4.78, 5) is 24.7. The number of carboxylic acid groups (broad SMARTS) is 1. The number of hydrogen-bond acceptors (Lipinski definition) is 3. The summed E-state index contributed by atoms with van der Waals surface area (Å²) < 4.78 is 5.47. The molecule has 3 rings (SSSR count). The van der Waals surface area contributed by atoms with Crippen molar-refractivity contribution in [3.63, 3.8) is 0 Å². The van der Waals surface area contributed by atoms with Crippen LogP contribution in [0.15, 0.2) is 54.6 Å². The van der Waals surface area contributed by atoms with E-state index in [1.54, 1.807) is 7.11 Å². The van der Waals surface area contributed by atoms with Gasteiger partial charge in [0, 0.05) is 18.4 Å². The second kappa shape index (κ2) is 7.70. The van der Waals surface area contributed by atoms with Gasteiger partial charge in [0.25, 0.3) is 0 Å². The number of ether oxygens (including phenoxy) is 1. The zero-order valence-corrected chi connectivity index (χ0v) is 14.9. The molecule has 1 amide bonds. The Morgan fingerprint density at radius 1 is 1.04 bits per heavy atom. The van der Waals surface area contributed by atoms with Gasteiger partial charge in [-0.3, -0.25) is 9.28 Å². The lowest BCUT2D eigenvalue weighted by Gasteiger charge is -2.40. The molecular weight excluding hydrogens is 330 g/mol. The van der Waals surface area contributed by atoms with Crippen molar-refractivity contribution < 1.29 is 23.9 Å². The number of carbonyl (C=O) groups is 2. The van der Waals surface area contributed by atoms with E-state index in [4.69, 9.17) is 4.74 Å². The Bertz CT molecular complexity index is 762. The second-order valence-corrected chi connectivity index (χ2v) is 6.88. The van der Waals surface area contributed by atoms with Gasteiger partial charge in [-0.05, 0) is 36.4 Å². The van der Waals surface area contributed by atoms with Crippen LogP contribution in [-0.2, 0) is 11.3 Å². The average molecular weight is 354 g/mol. The van der Waals surface area contributed by atoms with E-state index in [9.17, 15) is 14.7 Å². The highest BCUT2D eigenvalue weighted by Gasteiger charge is 2.43. The van der Waals surface area contributed by atoms with Crippen LogP contribution in [0.1, 0.15) is 28.8 Å². The van der Waals surface area contributed by atoms with Crippen LogP contribution in [0.2, 0.25) is 0 Å². The highest BCUT2D eigenvalue weighted by atomic mass is 16.5. The van der Waals surface area contributed by atoms with Crippen LogP contribution in [0.4, 0.5) is 0 Å². The molecule has 5 heteroatoms. The van der Waals surface area contributed by atoms with Crippen LogP contribution >= 0.6 is 0 Å². The zero-order valence-electron chi connectivity index (χ0n) is 14.9. The largest absolute Gasteiger partial charge is 0.497 e. The molecule has 1 aliphatic rings. The summed E-state index contributed by atoms with van der Waals surface area (Å²) in [5.74, 6) is -0.287. The molecule has 1 saturated heterocycles. The molecule has 0 aliphatic carbocycles. The molecule has 0 aromatic heterocycles. The van der Waals surface area contributed by atoms with Crippen molar-refractivity contribution in [1.29, 1.82) is 0 Å². The molecule has 0 radical (unpaired) electrons. The maximum atomic E-state index is 13.3. The average Bonchev–Trinajstić information content (AvgIpc) is 2.69. The van der Waals surface area contributed by atoms with Gasteiger partial charge in [-0.15, -0.1) is 0 Å². The van der Waals surface area contributed by atoms with Gasteiger partial charge >= 0.3 is 11.9 Å². The number of carbonyl (C=O) groups excluding carboxylic acids is 1. The van der Waals surface area contributed by atoms with Crippen molar-refractivity contribution in [3.8, 4) is 5.75 Å². The summed E-state index contributed by atoms with van der Waals surface area (Å²) in [7, 11) is 1.62. The van der Waals surface area contributed by atoms with Gasteiger partial charge in [-0.2, -0.15) is 0 Å². The number of quaternary nitrogens is 1. The Kier molecular flexibility index (Phi) is 5.38. The number of amides is 1. The van der Waals surface area contributed by atoms with E-state index in [1.807, 2.05) is 54.6 Å². The normalized spacial score (nSPS) is 22.6. The number of carboxylic acids is 1. The van der Waals surface area contributed by atoms with E-state index in [1.165, 1.54) is 0 Å². The van der Waals surface area contributed by atoms with E-state index in [0.29, 0.717) is 38.0 Å². The topological polar surface area (TPSA) is 63.6 Å². The number of aliphatic carboxylic acids is 1. The SMILES string of the molecule is COc1ccc(C[N+]2(C(=O)c3ccccc3)CCC(C(=O)O)CC2)cc1. The molecule has 5 nitrogen and oxygen atoms in total. The molecule has 26 heavy (non-hydrogen) atoms. The van der Waals surface area contributed by atoms with Crippen LogP contribution in [0, 0.1) is 5.92 Å². The van der Waals surface area contributed by atoms with Crippen molar-refractivity contribution in [2.24, 2.45) is 5.92 Å². The minimum atomic E-state index is -0.764. The molecule has 2 aromatic rings. The third kappa shape index (κ3) is 3.78. The lowest BCUT2D eigenvalue weighted by atomic mass is 9.93. The van der Waals surface area contributed by atoms with Crippen LogP contribution in [0.3, 0.4) is 0 Å². The smallest absolute Gasteiger partial charge is 0.346 e. The lowest BCUT2D eigenvalue weighted by molar-refractivity contribution is -0.868. The monoisotopic (exact) mass is 354 g/mol. The second-order valence-electron chi connectivity index (χ2n) is 6.88. The van der Waals surface area contributed by atoms with Gasteiger partial charge in [-0.1, -0.05) is 18.2 Å². The van der Waals surface area contributed by atoms with Gasteiger partial charge < -0.3 is 9.84 Å². The van der Waals surface area contributed by atoms with E-state index >= 15 is 0 Å². The molecule has 2 aromatic carbocycles. The van der Waals surface area contributed by atoms with Gasteiger partial charge in [-0.25, -0.2) is 4.79 Å². The first-order valence-electron chi connectivity index (χ1n) is 8.86. The predicted molar refractivity (Wildman–Crippen MR) is 97.8 cm³/mol. The van der Waals surface area contributed by atoms with Crippen molar-refractivity contribution in [3.05, 3.63) is 65.7 Å². The fourth-order valence-corrected chi connectivity index (χ4v) is 3.68. The van der Waals surface area contributed by atoms with E-state index in [2.05, 4.69) is 0 Å². The molecule has 136 valence electrons. The number of methoxy groups -OCH3 is 1. The summed E-state index contributed by atoms with van der Waals surface area (Å²) in [6, 6.07) is 17.0. The fourth-order valence-electron chi connectivity index (χ4n) is 3.68. The highest BCUT2D eigenvalue weighted by molar-refractivity contribution is 5.89. The third-order valence-corrected chi connectivity index (χ3v) is 5.26. The lowest BCUT2D eigenvalue weighted by Crippen LogP contribution is -2.57. The summed E-state index contributed by atoms with van der Waals surface area (Å²) in [6.07, 6.45) is 1.04. The first kappa shape index (κ1) is 18.1. The Labute approximate surface area is 153 Å². The van der Waals surface area contributed by atoms with Crippen LogP contribution < -0.4 is 4.74 Å². The summed E-state index contributed by atoms with van der Waals surface area (Å²) >= 11 is 0. The standard InChI is InChI=1S/C21H23NO4/c1-26-19-9-7-16(8-10-19)15-22(13-11-18(12-14-22)21(24)25)20(23)17-5-3-2-4-6-17/h2-10,18H,11-15H2,1H3/p+1. The van der Waals surface area contributed by atoms with Gasteiger partial charge in [0.1, 0.15) is 12.3 Å². The summed E-state index contributed by atoms with van der Waals surface area (Å²) in [5, 5.41) is 9.31. The molecule has 0 atom stereocenters.